The van der Waals surface area contributed by atoms with E-state index in [1.807, 2.05) is 12.1 Å². The van der Waals surface area contributed by atoms with Crippen LogP contribution in [0, 0.1) is 10.1 Å². The Hall–Kier alpha value is -2.84. The molecule has 1 fully saturated rings. The number of methoxy groups -OCH3 is 1. The van der Waals surface area contributed by atoms with Crippen molar-refractivity contribution in [1.82, 2.24) is 0 Å². The molecule has 0 aliphatic carbocycles. The van der Waals surface area contributed by atoms with Crippen LogP contribution in [0.2, 0.25) is 5.02 Å². The number of benzene rings is 2. The van der Waals surface area contributed by atoms with Gasteiger partial charge < -0.3 is 19.7 Å². The fourth-order valence-electron chi connectivity index (χ4n) is 2.81. The maximum atomic E-state index is 12.7. The number of carbonyl (C=O) groups is 1. The van der Waals surface area contributed by atoms with E-state index in [-0.39, 0.29) is 16.3 Å². The van der Waals surface area contributed by atoms with E-state index in [1.165, 1.54) is 12.1 Å². The summed E-state index contributed by atoms with van der Waals surface area (Å²) < 4.78 is 10.6. The molecule has 27 heavy (non-hydrogen) atoms. The molecule has 1 amide bonds. The number of rotatable bonds is 5. The normalized spacial score (nSPS) is 13.9. The first-order valence-corrected chi connectivity index (χ1v) is 8.63. The van der Waals surface area contributed by atoms with Crippen molar-refractivity contribution in [3.8, 4) is 5.75 Å². The van der Waals surface area contributed by atoms with E-state index in [4.69, 9.17) is 21.1 Å². The van der Waals surface area contributed by atoms with Gasteiger partial charge in [-0.15, -0.1) is 0 Å². The van der Waals surface area contributed by atoms with E-state index in [2.05, 4.69) is 10.2 Å². The number of nitrogens with zero attached hydrogens (tertiary/aromatic N) is 2. The maximum Gasteiger partial charge on any atom is 0.270 e. The lowest BCUT2D eigenvalue weighted by Gasteiger charge is -2.30. The first-order valence-electron chi connectivity index (χ1n) is 8.25. The highest BCUT2D eigenvalue weighted by molar-refractivity contribution is 6.34. The van der Waals surface area contributed by atoms with Gasteiger partial charge in [-0.25, -0.2) is 0 Å². The number of hydrogen-bond donors (Lipinski definition) is 1. The number of morpholine rings is 1. The molecule has 3 rings (SSSR count). The summed E-state index contributed by atoms with van der Waals surface area (Å²) in [6.07, 6.45) is 0. The second-order valence-corrected chi connectivity index (χ2v) is 6.27. The molecule has 142 valence electrons. The number of hydrogen-bond acceptors (Lipinski definition) is 6. The van der Waals surface area contributed by atoms with Crippen LogP contribution in [0.25, 0.3) is 0 Å². The third-order valence-corrected chi connectivity index (χ3v) is 4.52. The van der Waals surface area contributed by atoms with Crippen molar-refractivity contribution in [2.45, 2.75) is 0 Å². The van der Waals surface area contributed by atoms with Crippen molar-refractivity contribution in [3.05, 3.63) is 57.1 Å². The number of nitro benzene ring substituents is 1. The lowest BCUT2D eigenvalue weighted by atomic mass is 10.1. The van der Waals surface area contributed by atoms with E-state index in [9.17, 15) is 14.9 Å². The van der Waals surface area contributed by atoms with E-state index < -0.39 is 10.8 Å². The van der Waals surface area contributed by atoms with Crippen LogP contribution in [-0.2, 0) is 4.74 Å². The topological polar surface area (TPSA) is 93.9 Å². The fourth-order valence-corrected chi connectivity index (χ4v) is 3.07. The van der Waals surface area contributed by atoms with Gasteiger partial charge in [-0.2, -0.15) is 0 Å². The predicted octanol–water partition coefficient (Wildman–Crippen LogP) is 3.35. The molecule has 1 aliphatic heterocycles. The molecule has 0 atom stereocenters. The summed E-state index contributed by atoms with van der Waals surface area (Å²) in [6, 6.07) is 9.16. The van der Waals surface area contributed by atoms with Crippen LogP contribution >= 0.6 is 11.6 Å². The predicted molar refractivity (Wildman–Crippen MR) is 102 cm³/mol. The van der Waals surface area contributed by atoms with Gasteiger partial charge >= 0.3 is 0 Å². The smallest absolute Gasteiger partial charge is 0.270 e. The molecular formula is C18H18ClN3O5. The monoisotopic (exact) mass is 391 g/mol. The summed E-state index contributed by atoms with van der Waals surface area (Å²) in [4.78, 5) is 25.1. The van der Waals surface area contributed by atoms with Crippen molar-refractivity contribution in [3.63, 3.8) is 0 Å². The summed E-state index contributed by atoms with van der Waals surface area (Å²) in [6.45, 7) is 2.61. The van der Waals surface area contributed by atoms with Gasteiger partial charge in [0.15, 0.2) is 0 Å². The number of anilines is 2. The minimum Gasteiger partial charge on any atom is -0.497 e. The SMILES string of the molecule is COc1ccc(N2CCOCC2)c(NC(=O)c2ccc([N+](=O)[O-])cc2Cl)c1. The molecule has 0 saturated carbocycles. The number of nitro groups is 1. The second-order valence-electron chi connectivity index (χ2n) is 5.86. The van der Waals surface area contributed by atoms with Crippen molar-refractivity contribution >= 4 is 34.6 Å². The van der Waals surface area contributed by atoms with Crippen LogP contribution in [-0.4, -0.2) is 44.2 Å². The Labute approximate surface area is 160 Å². The van der Waals surface area contributed by atoms with Crippen LogP contribution in [0.4, 0.5) is 17.1 Å². The van der Waals surface area contributed by atoms with Crippen molar-refractivity contribution < 1.29 is 19.2 Å². The molecule has 8 nitrogen and oxygen atoms in total. The van der Waals surface area contributed by atoms with E-state index in [0.29, 0.717) is 37.7 Å². The lowest BCUT2D eigenvalue weighted by molar-refractivity contribution is -0.384. The summed E-state index contributed by atoms with van der Waals surface area (Å²) in [5.41, 5.74) is 1.38. The van der Waals surface area contributed by atoms with Gasteiger partial charge in [-0.3, -0.25) is 14.9 Å². The molecule has 2 aromatic rings. The highest BCUT2D eigenvalue weighted by Crippen LogP contribution is 2.32. The number of ether oxygens (including phenoxy) is 2. The Morgan fingerprint density at radius 1 is 1.26 bits per heavy atom. The lowest BCUT2D eigenvalue weighted by Crippen LogP contribution is -2.36. The van der Waals surface area contributed by atoms with Crippen LogP contribution in [0.5, 0.6) is 5.75 Å². The van der Waals surface area contributed by atoms with Crippen LogP contribution in [0.15, 0.2) is 36.4 Å². The molecule has 0 spiro atoms. The Balaban J connectivity index is 1.89. The molecular weight excluding hydrogens is 374 g/mol. The zero-order valence-corrected chi connectivity index (χ0v) is 15.4. The van der Waals surface area contributed by atoms with Crippen LogP contribution < -0.4 is 15.0 Å². The second kappa shape index (κ2) is 8.24. The third kappa shape index (κ3) is 4.29. The largest absolute Gasteiger partial charge is 0.497 e. The Morgan fingerprint density at radius 3 is 2.63 bits per heavy atom. The molecule has 1 saturated heterocycles. The molecule has 0 bridgehead atoms. The molecule has 2 aromatic carbocycles. The highest BCUT2D eigenvalue weighted by atomic mass is 35.5. The van der Waals surface area contributed by atoms with Crippen LogP contribution in [0.3, 0.4) is 0 Å². The Bertz CT molecular complexity index is 868. The fraction of sp³-hybridized carbons (Fsp3) is 0.278. The van der Waals surface area contributed by atoms with Crippen molar-refractivity contribution in [2.75, 3.05) is 43.6 Å². The van der Waals surface area contributed by atoms with Gasteiger partial charge in [0.05, 0.1) is 47.2 Å². The summed E-state index contributed by atoms with van der Waals surface area (Å²) in [5, 5.41) is 13.7. The summed E-state index contributed by atoms with van der Waals surface area (Å²) in [5.74, 6) is 0.134. The molecule has 1 N–H and O–H groups in total. The number of nitrogens with one attached hydrogen (secondary N) is 1. The number of carbonyl (C=O) groups excluding carboxylic acids is 1. The zero-order chi connectivity index (χ0) is 19.4. The van der Waals surface area contributed by atoms with Crippen molar-refractivity contribution in [1.29, 1.82) is 0 Å². The average molecular weight is 392 g/mol. The minimum atomic E-state index is -0.563. The van der Waals surface area contributed by atoms with Gasteiger partial charge in [-0.05, 0) is 18.2 Å². The van der Waals surface area contributed by atoms with E-state index >= 15 is 0 Å². The first kappa shape index (κ1) is 18.9. The molecule has 1 heterocycles. The summed E-state index contributed by atoms with van der Waals surface area (Å²) >= 11 is 6.06. The summed E-state index contributed by atoms with van der Waals surface area (Å²) in [7, 11) is 1.54. The molecule has 0 aromatic heterocycles. The molecule has 1 aliphatic rings. The Kier molecular flexibility index (Phi) is 5.78. The maximum absolute atomic E-state index is 12.7. The van der Waals surface area contributed by atoms with Gasteiger partial charge in [0.1, 0.15) is 5.75 Å². The average Bonchev–Trinajstić information content (AvgIpc) is 2.68. The molecule has 0 radical (unpaired) electrons. The van der Waals surface area contributed by atoms with Crippen molar-refractivity contribution in [2.24, 2.45) is 0 Å². The Morgan fingerprint density at radius 2 is 2.00 bits per heavy atom. The number of amides is 1. The number of non-ortho nitro benzene ring substituents is 1. The van der Waals surface area contributed by atoms with Crippen LogP contribution in [0.1, 0.15) is 10.4 Å². The van der Waals surface area contributed by atoms with E-state index in [1.54, 1.807) is 13.2 Å². The van der Waals surface area contributed by atoms with Gasteiger partial charge in [0, 0.05) is 31.3 Å². The zero-order valence-electron chi connectivity index (χ0n) is 14.6. The third-order valence-electron chi connectivity index (χ3n) is 4.21. The quantitative estimate of drug-likeness (QED) is 0.620. The molecule has 0 unspecified atom stereocenters. The van der Waals surface area contributed by atoms with Gasteiger partial charge in [-0.1, -0.05) is 11.6 Å². The van der Waals surface area contributed by atoms with Gasteiger partial charge in [0.25, 0.3) is 11.6 Å². The first-order chi connectivity index (χ1) is 13.0. The minimum absolute atomic E-state index is 0.0116. The van der Waals surface area contributed by atoms with Gasteiger partial charge in [0.2, 0.25) is 0 Å². The highest BCUT2D eigenvalue weighted by Gasteiger charge is 2.20. The van der Waals surface area contributed by atoms with E-state index in [0.717, 1.165) is 11.8 Å². The molecule has 9 heteroatoms. The standard InChI is InChI=1S/C18H18ClN3O5/c1-26-13-3-5-17(21-6-8-27-9-7-21)16(11-13)20-18(23)14-4-2-12(22(24)25)10-15(14)19/h2-5,10-11H,6-9H2,1H3,(H,20,23). The number of halogens is 1.